The predicted octanol–water partition coefficient (Wildman–Crippen LogP) is 3.35. The second-order valence-electron chi connectivity index (χ2n) is 8.99. The lowest BCUT2D eigenvalue weighted by atomic mass is 9.92. The first-order valence-corrected chi connectivity index (χ1v) is 10.3. The number of likely N-dealkylation sites (tertiary alicyclic amines) is 1. The van der Waals surface area contributed by atoms with E-state index in [0.29, 0.717) is 25.6 Å². The molecule has 1 aliphatic rings. The molecular formula is C23H28N4O2. The number of amides is 1. The van der Waals surface area contributed by atoms with E-state index in [4.69, 9.17) is 0 Å². The zero-order valence-electron chi connectivity index (χ0n) is 17.3. The van der Waals surface area contributed by atoms with Gasteiger partial charge in [-0.1, -0.05) is 26.8 Å². The van der Waals surface area contributed by atoms with Crippen molar-refractivity contribution in [2.75, 3.05) is 13.1 Å². The normalized spacial score (nSPS) is 15.8. The van der Waals surface area contributed by atoms with Gasteiger partial charge in [0.25, 0.3) is 11.5 Å². The van der Waals surface area contributed by atoms with Crippen LogP contribution in [0.25, 0.3) is 5.52 Å². The summed E-state index contributed by atoms with van der Waals surface area (Å²) in [6.07, 6.45) is 5.61. The summed E-state index contributed by atoms with van der Waals surface area (Å²) in [6, 6.07) is 11.3. The highest BCUT2D eigenvalue weighted by Gasteiger charge is 2.25. The van der Waals surface area contributed by atoms with Crippen LogP contribution in [0.2, 0.25) is 0 Å². The average molecular weight is 393 g/mol. The smallest absolute Gasteiger partial charge is 0.266 e. The first-order chi connectivity index (χ1) is 13.8. The maximum absolute atomic E-state index is 12.9. The fraction of sp³-hybridized carbons (Fsp3) is 0.435. The molecule has 0 aromatic carbocycles. The molecule has 3 aromatic rings. The molecule has 0 N–H and O–H groups in total. The molecule has 0 radical (unpaired) electrons. The Kier molecular flexibility index (Phi) is 5.03. The lowest BCUT2D eigenvalue weighted by Gasteiger charge is -2.32. The average Bonchev–Trinajstić information content (AvgIpc) is 3.13. The minimum absolute atomic E-state index is 0.0583. The Labute approximate surface area is 170 Å². The fourth-order valence-corrected chi connectivity index (χ4v) is 3.90. The van der Waals surface area contributed by atoms with Gasteiger partial charge in [-0.3, -0.25) is 9.59 Å². The van der Waals surface area contributed by atoms with E-state index in [1.807, 2.05) is 52.0 Å². The van der Waals surface area contributed by atoms with E-state index < -0.39 is 0 Å². The Hall–Kier alpha value is -2.89. The van der Waals surface area contributed by atoms with E-state index in [1.54, 1.807) is 10.7 Å². The van der Waals surface area contributed by atoms with Crippen LogP contribution in [-0.4, -0.2) is 38.1 Å². The van der Waals surface area contributed by atoms with Crippen molar-refractivity contribution in [2.24, 2.45) is 5.92 Å². The predicted molar refractivity (Wildman–Crippen MR) is 113 cm³/mol. The Balaban J connectivity index is 1.41. The number of rotatable bonds is 3. The molecule has 0 atom stereocenters. The van der Waals surface area contributed by atoms with E-state index in [2.05, 4.69) is 25.9 Å². The summed E-state index contributed by atoms with van der Waals surface area (Å²) >= 11 is 0. The summed E-state index contributed by atoms with van der Waals surface area (Å²) in [6.45, 7) is 8.33. The lowest BCUT2D eigenvalue weighted by molar-refractivity contribution is 0.0680. The van der Waals surface area contributed by atoms with E-state index in [1.165, 1.54) is 0 Å². The molecule has 4 rings (SSSR count). The summed E-state index contributed by atoms with van der Waals surface area (Å²) in [5.74, 6) is 0.435. The topological polar surface area (TPSA) is 59.6 Å². The molecule has 4 heterocycles. The molecule has 0 spiro atoms. The lowest BCUT2D eigenvalue weighted by Crippen LogP contribution is -2.40. The van der Waals surface area contributed by atoms with Gasteiger partial charge >= 0.3 is 0 Å². The number of nitrogens with zero attached hydrogens (tertiary/aromatic N) is 4. The molecule has 29 heavy (non-hydrogen) atoms. The van der Waals surface area contributed by atoms with E-state index in [0.717, 1.165) is 29.6 Å². The molecule has 1 aliphatic heterocycles. The van der Waals surface area contributed by atoms with Crippen molar-refractivity contribution in [1.82, 2.24) is 19.1 Å². The van der Waals surface area contributed by atoms with Crippen LogP contribution in [-0.2, 0) is 12.0 Å². The minimum Gasteiger partial charge on any atom is -0.339 e. The number of hydrogen-bond acceptors (Lipinski definition) is 3. The summed E-state index contributed by atoms with van der Waals surface area (Å²) in [5.41, 5.74) is 2.52. The highest BCUT2D eigenvalue weighted by Crippen LogP contribution is 2.22. The Morgan fingerprint density at radius 2 is 1.90 bits per heavy atom. The maximum Gasteiger partial charge on any atom is 0.266 e. The molecule has 0 saturated carbocycles. The molecule has 152 valence electrons. The van der Waals surface area contributed by atoms with Gasteiger partial charge in [-0.15, -0.1) is 0 Å². The molecule has 1 saturated heterocycles. The van der Waals surface area contributed by atoms with Gasteiger partial charge in [-0.2, -0.15) is 5.10 Å². The standard InChI is InChI=1S/C23H28N4O2/c1-23(2,3)20-7-8-21(28)27(24-20)15-17-9-12-25(13-10-17)22(29)18-14-19-6-4-5-11-26(19)16-18/h4-8,11,14,16-17H,9-10,12-13,15H2,1-3H3. The monoisotopic (exact) mass is 392 g/mol. The third kappa shape index (κ3) is 4.11. The second kappa shape index (κ2) is 7.50. The third-order valence-corrected chi connectivity index (χ3v) is 5.72. The first-order valence-electron chi connectivity index (χ1n) is 10.3. The van der Waals surface area contributed by atoms with Crippen LogP contribution in [0.1, 0.15) is 49.7 Å². The summed E-state index contributed by atoms with van der Waals surface area (Å²) in [5, 5.41) is 4.58. The van der Waals surface area contributed by atoms with Crippen LogP contribution >= 0.6 is 0 Å². The zero-order chi connectivity index (χ0) is 20.6. The van der Waals surface area contributed by atoms with Crippen LogP contribution in [0.4, 0.5) is 0 Å². The van der Waals surface area contributed by atoms with Gasteiger partial charge in [0.1, 0.15) is 0 Å². The minimum atomic E-state index is -0.0909. The number of carbonyl (C=O) groups is 1. The number of carbonyl (C=O) groups excluding carboxylic acids is 1. The largest absolute Gasteiger partial charge is 0.339 e. The quantitative estimate of drug-likeness (QED) is 0.687. The van der Waals surface area contributed by atoms with Crippen LogP contribution in [0.3, 0.4) is 0 Å². The number of hydrogen-bond donors (Lipinski definition) is 0. The molecule has 6 heteroatoms. The number of piperidine rings is 1. The number of pyridine rings is 1. The van der Waals surface area contributed by atoms with Gasteiger partial charge in [0.05, 0.1) is 11.3 Å². The van der Waals surface area contributed by atoms with Crippen molar-refractivity contribution < 1.29 is 4.79 Å². The van der Waals surface area contributed by atoms with Crippen LogP contribution in [0, 0.1) is 5.92 Å². The van der Waals surface area contributed by atoms with Crippen molar-refractivity contribution in [1.29, 1.82) is 0 Å². The number of fused-ring (bicyclic) bond motifs is 1. The molecule has 0 bridgehead atoms. The first kappa shape index (κ1) is 19.4. The van der Waals surface area contributed by atoms with Gasteiger partial charge in [0, 0.05) is 49.0 Å². The number of aromatic nitrogens is 3. The van der Waals surface area contributed by atoms with E-state index in [-0.39, 0.29) is 16.9 Å². The highest BCUT2D eigenvalue weighted by molar-refractivity contribution is 5.95. The Morgan fingerprint density at radius 3 is 2.59 bits per heavy atom. The molecule has 0 aliphatic carbocycles. The van der Waals surface area contributed by atoms with Gasteiger partial charge < -0.3 is 9.30 Å². The van der Waals surface area contributed by atoms with Crippen molar-refractivity contribution in [2.45, 2.75) is 45.6 Å². The van der Waals surface area contributed by atoms with E-state index >= 15 is 0 Å². The highest BCUT2D eigenvalue weighted by atomic mass is 16.2. The van der Waals surface area contributed by atoms with Gasteiger partial charge in [0.15, 0.2) is 0 Å². The van der Waals surface area contributed by atoms with Crippen LogP contribution in [0.15, 0.2) is 53.6 Å². The molecular weight excluding hydrogens is 364 g/mol. The third-order valence-electron chi connectivity index (χ3n) is 5.72. The van der Waals surface area contributed by atoms with Crippen LogP contribution < -0.4 is 5.56 Å². The summed E-state index contributed by atoms with van der Waals surface area (Å²) < 4.78 is 3.57. The second-order valence-corrected chi connectivity index (χ2v) is 8.99. The van der Waals surface area contributed by atoms with Gasteiger partial charge in [-0.05, 0) is 43.0 Å². The Morgan fingerprint density at radius 1 is 1.14 bits per heavy atom. The summed E-state index contributed by atoms with van der Waals surface area (Å²) in [7, 11) is 0. The van der Waals surface area contributed by atoms with Crippen LogP contribution in [0.5, 0.6) is 0 Å². The van der Waals surface area contributed by atoms with Gasteiger partial charge in [-0.25, -0.2) is 4.68 Å². The van der Waals surface area contributed by atoms with E-state index in [9.17, 15) is 9.59 Å². The molecule has 6 nitrogen and oxygen atoms in total. The van der Waals surface area contributed by atoms with Crippen molar-refractivity contribution in [3.63, 3.8) is 0 Å². The molecule has 1 fully saturated rings. The SMILES string of the molecule is CC(C)(C)c1ccc(=O)n(CC2CCN(C(=O)c3cc4ccccn4c3)CC2)n1. The van der Waals surface area contributed by atoms with Crippen molar-refractivity contribution in [3.8, 4) is 0 Å². The van der Waals surface area contributed by atoms with Crippen molar-refractivity contribution >= 4 is 11.4 Å². The zero-order valence-corrected chi connectivity index (χ0v) is 17.3. The van der Waals surface area contributed by atoms with Gasteiger partial charge in [0.2, 0.25) is 0 Å². The summed E-state index contributed by atoms with van der Waals surface area (Å²) in [4.78, 5) is 27.1. The molecule has 3 aromatic heterocycles. The molecule has 0 unspecified atom stereocenters. The fourth-order valence-electron chi connectivity index (χ4n) is 3.90. The van der Waals surface area contributed by atoms with Crippen molar-refractivity contribution in [3.05, 3.63) is 70.4 Å². The maximum atomic E-state index is 12.9. The Bertz CT molecular complexity index is 1050. The molecule has 1 amide bonds.